The third kappa shape index (κ3) is 3.67. The minimum Gasteiger partial charge on any atom is -0.481 e. The summed E-state index contributed by atoms with van der Waals surface area (Å²) in [5.41, 5.74) is 1.96. The summed E-state index contributed by atoms with van der Waals surface area (Å²) in [6.45, 7) is 0. The summed E-state index contributed by atoms with van der Waals surface area (Å²) in [6.07, 6.45) is 5.10. The van der Waals surface area contributed by atoms with E-state index in [-0.39, 0.29) is 0 Å². The highest BCUT2D eigenvalue weighted by molar-refractivity contribution is 5.74. The Labute approximate surface area is 113 Å². The molecule has 0 heterocycles. The molecule has 2 atom stereocenters. The van der Waals surface area contributed by atoms with Crippen molar-refractivity contribution < 1.29 is 15.0 Å². The van der Waals surface area contributed by atoms with Gasteiger partial charge in [-0.3, -0.25) is 4.79 Å². The molecular formula is C16H20O3. The van der Waals surface area contributed by atoms with Crippen molar-refractivity contribution in [1.29, 1.82) is 0 Å². The molecule has 3 nitrogen and oxygen atoms in total. The molecule has 0 bridgehead atoms. The zero-order chi connectivity index (χ0) is 13.7. The SMILES string of the molecule is O=C(O)C1CCC=C1C(O)CCCc1ccccc1. The van der Waals surface area contributed by atoms with Gasteiger partial charge in [-0.2, -0.15) is 0 Å². The molecule has 0 aliphatic heterocycles. The molecule has 0 spiro atoms. The van der Waals surface area contributed by atoms with E-state index in [4.69, 9.17) is 5.11 Å². The summed E-state index contributed by atoms with van der Waals surface area (Å²) in [5.74, 6) is -1.29. The zero-order valence-corrected chi connectivity index (χ0v) is 11.0. The van der Waals surface area contributed by atoms with E-state index < -0.39 is 18.0 Å². The van der Waals surface area contributed by atoms with Gasteiger partial charge in [-0.1, -0.05) is 36.4 Å². The maximum Gasteiger partial charge on any atom is 0.310 e. The number of hydrogen-bond donors (Lipinski definition) is 2. The van der Waals surface area contributed by atoms with Crippen molar-refractivity contribution in [2.75, 3.05) is 0 Å². The largest absolute Gasteiger partial charge is 0.481 e. The standard InChI is InChI=1S/C16H20O3/c17-15(13-9-5-10-14(13)16(18)19)11-4-8-12-6-2-1-3-7-12/h1-3,6-7,9,14-15,17H,4-5,8,10-11H2,(H,18,19). The average Bonchev–Trinajstić information content (AvgIpc) is 2.89. The first-order valence-electron chi connectivity index (χ1n) is 6.83. The lowest BCUT2D eigenvalue weighted by Gasteiger charge is -2.16. The molecule has 0 fully saturated rings. The Hall–Kier alpha value is -1.61. The van der Waals surface area contributed by atoms with Crippen molar-refractivity contribution in [1.82, 2.24) is 0 Å². The first kappa shape index (κ1) is 13.8. The van der Waals surface area contributed by atoms with Crippen LogP contribution in [0.3, 0.4) is 0 Å². The molecule has 2 N–H and O–H groups in total. The van der Waals surface area contributed by atoms with Crippen molar-refractivity contribution in [3.63, 3.8) is 0 Å². The van der Waals surface area contributed by atoms with Crippen molar-refractivity contribution in [2.45, 2.75) is 38.2 Å². The van der Waals surface area contributed by atoms with E-state index >= 15 is 0 Å². The van der Waals surface area contributed by atoms with Gasteiger partial charge in [0.1, 0.15) is 0 Å². The van der Waals surface area contributed by atoms with E-state index in [0.717, 1.165) is 19.3 Å². The fraction of sp³-hybridized carbons (Fsp3) is 0.438. The maximum atomic E-state index is 11.1. The molecule has 0 amide bonds. The van der Waals surface area contributed by atoms with Crippen molar-refractivity contribution in [3.05, 3.63) is 47.5 Å². The molecule has 0 aromatic heterocycles. The number of aliphatic hydroxyl groups excluding tert-OH is 1. The second kappa shape index (κ2) is 6.53. The molecule has 1 aliphatic rings. The van der Waals surface area contributed by atoms with E-state index in [2.05, 4.69) is 12.1 Å². The number of aliphatic hydroxyl groups is 1. The minimum absolute atomic E-state index is 0.480. The molecule has 0 saturated carbocycles. The Morgan fingerprint density at radius 1 is 1.32 bits per heavy atom. The summed E-state index contributed by atoms with van der Waals surface area (Å²) in [4.78, 5) is 11.1. The summed E-state index contributed by atoms with van der Waals surface area (Å²) < 4.78 is 0. The van der Waals surface area contributed by atoms with Crippen LogP contribution in [-0.4, -0.2) is 22.3 Å². The lowest BCUT2D eigenvalue weighted by Crippen LogP contribution is -2.21. The molecule has 3 heteroatoms. The van der Waals surface area contributed by atoms with E-state index in [1.807, 2.05) is 24.3 Å². The second-order valence-electron chi connectivity index (χ2n) is 5.07. The average molecular weight is 260 g/mol. The summed E-state index contributed by atoms with van der Waals surface area (Å²) in [5, 5.41) is 19.2. The molecular weight excluding hydrogens is 240 g/mol. The Kier molecular flexibility index (Phi) is 4.74. The number of benzene rings is 1. The predicted octanol–water partition coefficient (Wildman–Crippen LogP) is 2.79. The highest BCUT2D eigenvalue weighted by Gasteiger charge is 2.29. The van der Waals surface area contributed by atoms with Crippen LogP contribution in [-0.2, 0) is 11.2 Å². The Morgan fingerprint density at radius 2 is 2.05 bits per heavy atom. The molecule has 1 aromatic carbocycles. The van der Waals surface area contributed by atoms with Gasteiger partial charge in [0, 0.05) is 0 Å². The third-order valence-corrected chi connectivity index (χ3v) is 3.71. The van der Waals surface area contributed by atoms with Gasteiger partial charge in [0.05, 0.1) is 12.0 Å². The van der Waals surface area contributed by atoms with Crippen LogP contribution in [0.2, 0.25) is 0 Å². The molecule has 2 rings (SSSR count). The first-order valence-corrected chi connectivity index (χ1v) is 6.83. The number of aliphatic carboxylic acids is 1. The van der Waals surface area contributed by atoms with Crippen molar-refractivity contribution >= 4 is 5.97 Å². The number of rotatable bonds is 6. The van der Waals surface area contributed by atoms with Gasteiger partial charge in [-0.25, -0.2) is 0 Å². The van der Waals surface area contributed by atoms with Gasteiger partial charge in [-0.05, 0) is 43.2 Å². The van der Waals surface area contributed by atoms with Crippen LogP contribution in [0.15, 0.2) is 42.0 Å². The van der Waals surface area contributed by atoms with Crippen LogP contribution >= 0.6 is 0 Å². The number of aryl methyl sites for hydroxylation is 1. The number of allylic oxidation sites excluding steroid dienone is 1. The topological polar surface area (TPSA) is 57.5 Å². The lowest BCUT2D eigenvalue weighted by atomic mass is 9.93. The van der Waals surface area contributed by atoms with E-state index in [9.17, 15) is 9.90 Å². The predicted molar refractivity (Wildman–Crippen MR) is 73.8 cm³/mol. The highest BCUT2D eigenvalue weighted by atomic mass is 16.4. The second-order valence-corrected chi connectivity index (χ2v) is 5.07. The van der Waals surface area contributed by atoms with Gasteiger partial charge in [0.15, 0.2) is 0 Å². The van der Waals surface area contributed by atoms with Gasteiger partial charge in [0.25, 0.3) is 0 Å². The van der Waals surface area contributed by atoms with Crippen LogP contribution in [0.5, 0.6) is 0 Å². The van der Waals surface area contributed by atoms with Crippen LogP contribution in [0, 0.1) is 5.92 Å². The number of hydrogen-bond acceptors (Lipinski definition) is 2. The third-order valence-electron chi connectivity index (χ3n) is 3.71. The summed E-state index contributed by atoms with van der Waals surface area (Å²) in [7, 11) is 0. The molecule has 1 aliphatic carbocycles. The molecule has 0 saturated heterocycles. The van der Waals surface area contributed by atoms with Crippen LogP contribution < -0.4 is 0 Å². The van der Waals surface area contributed by atoms with Crippen LogP contribution in [0.25, 0.3) is 0 Å². The van der Waals surface area contributed by atoms with Gasteiger partial charge in [-0.15, -0.1) is 0 Å². The monoisotopic (exact) mass is 260 g/mol. The Morgan fingerprint density at radius 3 is 2.74 bits per heavy atom. The summed E-state index contributed by atoms with van der Waals surface area (Å²) >= 11 is 0. The van der Waals surface area contributed by atoms with Gasteiger partial charge in [0.2, 0.25) is 0 Å². The Balaban J connectivity index is 1.81. The van der Waals surface area contributed by atoms with E-state index in [1.165, 1.54) is 5.56 Å². The van der Waals surface area contributed by atoms with Crippen molar-refractivity contribution in [2.24, 2.45) is 5.92 Å². The lowest BCUT2D eigenvalue weighted by molar-refractivity contribution is -0.140. The van der Waals surface area contributed by atoms with Crippen LogP contribution in [0.4, 0.5) is 0 Å². The van der Waals surface area contributed by atoms with Crippen molar-refractivity contribution in [3.8, 4) is 0 Å². The first-order chi connectivity index (χ1) is 9.18. The summed E-state index contributed by atoms with van der Waals surface area (Å²) in [6, 6.07) is 10.1. The fourth-order valence-electron chi connectivity index (χ4n) is 2.67. The molecule has 0 radical (unpaired) electrons. The fourth-order valence-corrected chi connectivity index (χ4v) is 2.67. The number of carbonyl (C=O) groups is 1. The maximum absolute atomic E-state index is 11.1. The highest BCUT2D eigenvalue weighted by Crippen LogP contribution is 2.30. The minimum atomic E-state index is -0.814. The smallest absolute Gasteiger partial charge is 0.310 e. The van der Waals surface area contributed by atoms with Gasteiger partial charge >= 0.3 is 5.97 Å². The van der Waals surface area contributed by atoms with Gasteiger partial charge < -0.3 is 10.2 Å². The number of carboxylic acids is 1. The molecule has 102 valence electrons. The van der Waals surface area contributed by atoms with E-state index in [0.29, 0.717) is 18.4 Å². The molecule has 1 aromatic rings. The molecule has 2 unspecified atom stereocenters. The normalized spacial score (nSPS) is 20.1. The zero-order valence-electron chi connectivity index (χ0n) is 11.0. The molecule has 19 heavy (non-hydrogen) atoms. The van der Waals surface area contributed by atoms with E-state index in [1.54, 1.807) is 0 Å². The Bertz CT molecular complexity index is 450. The quantitative estimate of drug-likeness (QED) is 0.773. The number of carboxylic acid groups (broad SMARTS) is 1. The van der Waals surface area contributed by atoms with Crippen LogP contribution in [0.1, 0.15) is 31.2 Å².